The molecule has 0 bridgehead atoms. The molecule has 5 nitrogen and oxygen atoms in total. The molecule has 1 N–H and O–H groups in total. The molecule has 1 aliphatic rings. The number of hydrogen-bond donors (Lipinski definition) is 1. The minimum absolute atomic E-state index is 0.0172. The van der Waals surface area contributed by atoms with Crippen molar-refractivity contribution in [3.05, 3.63) is 35.2 Å². The van der Waals surface area contributed by atoms with E-state index in [0.717, 1.165) is 19.8 Å². The summed E-state index contributed by atoms with van der Waals surface area (Å²) in [7, 11) is 0. The van der Waals surface area contributed by atoms with Crippen LogP contribution in [0.3, 0.4) is 0 Å². The number of nitrogens with one attached hydrogen (secondary N) is 1. The standard InChI is InChI=1S/C20H23F3N2O3S/c1-11(24-12(2)26)10-27-13-4-6-14(7-5-13)28-16-9-8-15-18(17(16)21)29-19(25-15)20(3,22)23/h8-9,13-14H,1,4-7,10H2,2-3H3,(H,24,26). The average molecular weight is 428 g/mol. The van der Waals surface area contributed by atoms with E-state index < -0.39 is 16.7 Å². The molecule has 1 heterocycles. The van der Waals surface area contributed by atoms with Crippen LogP contribution in [0.1, 0.15) is 44.5 Å². The van der Waals surface area contributed by atoms with Gasteiger partial charge >= 0.3 is 0 Å². The van der Waals surface area contributed by atoms with Crippen LogP contribution in [0.25, 0.3) is 10.2 Å². The number of benzene rings is 1. The number of carbonyl (C=O) groups is 1. The first-order valence-corrected chi connectivity index (χ1v) is 10.2. The van der Waals surface area contributed by atoms with Crippen LogP contribution in [0.4, 0.5) is 13.2 Å². The third kappa shape index (κ3) is 5.48. The molecule has 0 atom stereocenters. The number of aromatic nitrogens is 1. The molecule has 0 aliphatic heterocycles. The van der Waals surface area contributed by atoms with Crippen LogP contribution in [-0.2, 0) is 15.5 Å². The second kappa shape index (κ2) is 8.71. The number of amides is 1. The largest absolute Gasteiger partial charge is 0.487 e. The lowest BCUT2D eigenvalue weighted by molar-refractivity contribution is -0.118. The zero-order valence-electron chi connectivity index (χ0n) is 16.3. The Kier molecular flexibility index (Phi) is 6.48. The first kappa shape index (κ1) is 21.6. The summed E-state index contributed by atoms with van der Waals surface area (Å²) in [5, 5.41) is 2.16. The third-order valence-corrected chi connectivity index (χ3v) is 5.83. The summed E-state index contributed by atoms with van der Waals surface area (Å²) in [5.41, 5.74) is 0.709. The van der Waals surface area contributed by atoms with Gasteiger partial charge in [0.05, 0.1) is 29.0 Å². The molecule has 3 rings (SSSR count). The molecule has 1 aromatic carbocycles. The van der Waals surface area contributed by atoms with Crippen molar-refractivity contribution < 1.29 is 27.4 Å². The highest BCUT2D eigenvalue weighted by molar-refractivity contribution is 7.18. The summed E-state index contributed by atoms with van der Waals surface area (Å²) in [6.07, 6.45) is 2.65. The Bertz CT molecular complexity index is 902. The molecule has 2 aromatic rings. The van der Waals surface area contributed by atoms with E-state index in [9.17, 15) is 18.0 Å². The predicted octanol–water partition coefficient (Wildman–Crippen LogP) is 4.90. The Morgan fingerprint density at radius 2 is 1.97 bits per heavy atom. The van der Waals surface area contributed by atoms with E-state index in [-0.39, 0.29) is 40.7 Å². The first-order chi connectivity index (χ1) is 13.6. The number of rotatable bonds is 7. The molecule has 0 spiro atoms. The fraction of sp³-hybridized carbons (Fsp3) is 0.500. The Balaban J connectivity index is 1.56. The minimum atomic E-state index is -3.11. The summed E-state index contributed by atoms with van der Waals surface area (Å²) >= 11 is 0.647. The monoisotopic (exact) mass is 428 g/mol. The highest BCUT2D eigenvalue weighted by Crippen LogP contribution is 2.38. The van der Waals surface area contributed by atoms with Crippen molar-refractivity contribution in [2.24, 2.45) is 0 Å². The van der Waals surface area contributed by atoms with Crippen LogP contribution >= 0.6 is 11.3 Å². The van der Waals surface area contributed by atoms with Gasteiger partial charge in [-0.15, -0.1) is 11.3 Å². The van der Waals surface area contributed by atoms with Crippen LogP contribution in [0.2, 0.25) is 0 Å². The molecule has 1 fully saturated rings. The van der Waals surface area contributed by atoms with Gasteiger partial charge in [-0.25, -0.2) is 9.37 Å². The Hall–Kier alpha value is -2.13. The second-order valence-electron chi connectivity index (χ2n) is 7.25. The van der Waals surface area contributed by atoms with Gasteiger partial charge in [-0.2, -0.15) is 8.78 Å². The Morgan fingerprint density at radius 1 is 1.31 bits per heavy atom. The van der Waals surface area contributed by atoms with Crippen molar-refractivity contribution in [3.63, 3.8) is 0 Å². The van der Waals surface area contributed by atoms with Crippen molar-refractivity contribution in [1.82, 2.24) is 10.3 Å². The lowest BCUT2D eigenvalue weighted by Gasteiger charge is -2.29. The van der Waals surface area contributed by atoms with E-state index in [1.54, 1.807) is 0 Å². The maximum Gasteiger partial charge on any atom is 0.296 e. The summed E-state index contributed by atoms with van der Waals surface area (Å²) < 4.78 is 53.3. The summed E-state index contributed by atoms with van der Waals surface area (Å²) in [6.45, 7) is 6.12. The van der Waals surface area contributed by atoms with Crippen molar-refractivity contribution in [2.75, 3.05) is 6.61 Å². The molecular weight excluding hydrogens is 405 g/mol. The molecule has 0 saturated heterocycles. The van der Waals surface area contributed by atoms with Gasteiger partial charge in [0.1, 0.15) is 0 Å². The Morgan fingerprint density at radius 3 is 2.59 bits per heavy atom. The van der Waals surface area contributed by atoms with Crippen molar-refractivity contribution >= 4 is 27.5 Å². The number of thiazole rings is 1. The number of halogens is 3. The lowest BCUT2D eigenvalue weighted by atomic mass is 9.95. The predicted molar refractivity (Wildman–Crippen MR) is 105 cm³/mol. The fourth-order valence-corrected chi connectivity index (χ4v) is 4.15. The average Bonchev–Trinajstić information content (AvgIpc) is 3.08. The zero-order chi connectivity index (χ0) is 21.2. The quantitative estimate of drug-likeness (QED) is 0.681. The van der Waals surface area contributed by atoms with Gasteiger partial charge in [0, 0.05) is 19.5 Å². The lowest BCUT2D eigenvalue weighted by Crippen LogP contribution is -2.30. The van der Waals surface area contributed by atoms with Gasteiger partial charge in [0.25, 0.3) is 5.92 Å². The van der Waals surface area contributed by atoms with E-state index in [1.807, 2.05) is 0 Å². The van der Waals surface area contributed by atoms with Gasteiger partial charge in [0.15, 0.2) is 16.6 Å². The van der Waals surface area contributed by atoms with Crippen molar-refractivity contribution in [2.45, 2.75) is 57.7 Å². The third-order valence-electron chi connectivity index (χ3n) is 4.60. The van der Waals surface area contributed by atoms with E-state index >= 15 is 0 Å². The van der Waals surface area contributed by atoms with Crippen LogP contribution in [0.5, 0.6) is 5.75 Å². The molecule has 158 valence electrons. The summed E-state index contributed by atoms with van der Waals surface area (Å²) in [5.74, 6) is -3.90. The molecule has 1 aromatic heterocycles. The SMILES string of the molecule is C=C(COC1CCC(Oc2ccc3nc(C(C)(F)F)sc3c2F)CC1)NC(C)=O. The highest BCUT2D eigenvalue weighted by atomic mass is 32.1. The second-order valence-corrected chi connectivity index (χ2v) is 8.24. The molecule has 1 amide bonds. The van der Waals surface area contributed by atoms with Crippen LogP contribution in [-0.4, -0.2) is 29.7 Å². The van der Waals surface area contributed by atoms with Crippen LogP contribution in [0, 0.1) is 5.82 Å². The number of carbonyl (C=O) groups excluding carboxylic acids is 1. The molecule has 9 heteroatoms. The van der Waals surface area contributed by atoms with Gasteiger partial charge in [-0.3, -0.25) is 4.79 Å². The van der Waals surface area contributed by atoms with Crippen molar-refractivity contribution in [1.29, 1.82) is 0 Å². The van der Waals surface area contributed by atoms with Crippen molar-refractivity contribution in [3.8, 4) is 5.75 Å². The number of hydrogen-bond acceptors (Lipinski definition) is 5. The van der Waals surface area contributed by atoms with Gasteiger partial charge in [0.2, 0.25) is 5.91 Å². The van der Waals surface area contributed by atoms with E-state index in [1.165, 1.54) is 19.1 Å². The Labute approximate surface area is 170 Å². The van der Waals surface area contributed by atoms with E-state index in [2.05, 4.69) is 16.9 Å². The zero-order valence-corrected chi connectivity index (χ0v) is 17.1. The summed E-state index contributed by atoms with van der Waals surface area (Å²) in [4.78, 5) is 14.8. The topological polar surface area (TPSA) is 60.5 Å². The fourth-order valence-electron chi connectivity index (χ4n) is 3.22. The first-order valence-electron chi connectivity index (χ1n) is 9.34. The minimum Gasteiger partial charge on any atom is -0.487 e. The van der Waals surface area contributed by atoms with Gasteiger partial charge in [-0.05, 0) is 37.8 Å². The molecular formula is C20H23F3N2O3S. The maximum absolute atomic E-state index is 14.7. The number of nitrogens with zero attached hydrogens (tertiary/aromatic N) is 1. The smallest absolute Gasteiger partial charge is 0.296 e. The number of fused-ring (bicyclic) bond motifs is 1. The molecule has 1 saturated carbocycles. The molecule has 0 unspecified atom stereocenters. The van der Waals surface area contributed by atoms with Crippen LogP contribution < -0.4 is 10.1 Å². The molecule has 29 heavy (non-hydrogen) atoms. The molecule has 0 radical (unpaired) electrons. The highest BCUT2D eigenvalue weighted by Gasteiger charge is 2.30. The maximum atomic E-state index is 14.7. The van der Waals surface area contributed by atoms with E-state index in [4.69, 9.17) is 9.47 Å². The molecule has 1 aliphatic carbocycles. The number of ether oxygens (including phenoxy) is 2. The van der Waals surface area contributed by atoms with Crippen LogP contribution in [0.15, 0.2) is 24.4 Å². The normalized spacial score (nSPS) is 19.9. The van der Waals surface area contributed by atoms with Gasteiger partial charge < -0.3 is 14.8 Å². The summed E-state index contributed by atoms with van der Waals surface area (Å²) in [6, 6.07) is 2.94. The van der Waals surface area contributed by atoms with Gasteiger partial charge in [-0.1, -0.05) is 6.58 Å². The number of alkyl halides is 2. The van der Waals surface area contributed by atoms with E-state index in [0.29, 0.717) is 29.9 Å².